The summed E-state index contributed by atoms with van der Waals surface area (Å²) in [5.74, 6) is 0.414. The van der Waals surface area contributed by atoms with E-state index in [0.29, 0.717) is 27.4 Å². The summed E-state index contributed by atoms with van der Waals surface area (Å²) < 4.78 is 5.68. The number of hydrogen-bond acceptors (Lipinski definition) is 2. The van der Waals surface area contributed by atoms with Crippen molar-refractivity contribution in [3.63, 3.8) is 0 Å². The Morgan fingerprint density at radius 1 is 1.13 bits per heavy atom. The predicted molar refractivity (Wildman–Crippen MR) is 94.6 cm³/mol. The van der Waals surface area contributed by atoms with Crippen molar-refractivity contribution in [2.24, 2.45) is 0 Å². The van der Waals surface area contributed by atoms with Gasteiger partial charge in [-0.1, -0.05) is 40.9 Å². The van der Waals surface area contributed by atoms with E-state index in [2.05, 4.69) is 5.32 Å². The fourth-order valence-electron chi connectivity index (χ4n) is 1.97. The molecule has 0 aliphatic carbocycles. The third-order valence-electron chi connectivity index (χ3n) is 3.26. The molecule has 6 heteroatoms. The SMILES string of the molecule is Cc1cc(Cl)ccc1O[C@H](C)C(=O)NCc1ccc(Cl)c(Cl)c1. The maximum absolute atomic E-state index is 12.1. The molecular formula is C17H16Cl3NO2. The smallest absolute Gasteiger partial charge is 0.261 e. The highest BCUT2D eigenvalue weighted by molar-refractivity contribution is 6.42. The maximum atomic E-state index is 12.1. The van der Waals surface area contributed by atoms with Gasteiger partial charge in [-0.25, -0.2) is 0 Å². The van der Waals surface area contributed by atoms with Crippen molar-refractivity contribution in [3.8, 4) is 5.75 Å². The van der Waals surface area contributed by atoms with Crippen LogP contribution in [-0.4, -0.2) is 12.0 Å². The first-order valence-electron chi connectivity index (χ1n) is 7.01. The highest BCUT2D eigenvalue weighted by atomic mass is 35.5. The van der Waals surface area contributed by atoms with Crippen LogP contribution in [0.3, 0.4) is 0 Å². The number of carbonyl (C=O) groups excluding carboxylic acids is 1. The fraction of sp³-hybridized carbons (Fsp3) is 0.235. The van der Waals surface area contributed by atoms with Gasteiger partial charge >= 0.3 is 0 Å². The lowest BCUT2D eigenvalue weighted by Crippen LogP contribution is -2.36. The van der Waals surface area contributed by atoms with Gasteiger partial charge < -0.3 is 10.1 Å². The number of carbonyl (C=O) groups is 1. The summed E-state index contributed by atoms with van der Waals surface area (Å²) in [5.41, 5.74) is 1.74. The van der Waals surface area contributed by atoms with Crippen LogP contribution in [0.1, 0.15) is 18.1 Å². The zero-order valence-corrected chi connectivity index (χ0v) is 15.0. The molecule has 1 N–H and O–H groups in total. The van der Waals surface area contributed by atoms with Crippen molar-refractivity contribution in [2.75, 3.05) is 0 Å². The van der Waals surface area contributed by atoms with Crippen molar-refractivity contribution in [3.05, 3.63) is 62.6 Å². The summed E-state index contributed by atoms with van der Waals surface area (Å²) in [6.45, 7) is 3.92. The van der Waals surface area contributed by atoms with E-state index >= 15 is 0 Å². The molecular weight excluding hydrogens is 357 g/mol. The molecule has 0 unspecified atom stereocenters. The fourth-order valence-corrected chi connectivity index (χ4v) is 2.52. The molecule has 1 atom stereocenters. The second-order valence-corrected chi connectivity index (χ2v) is 6.39. The second-order valence-electron chi connectivity index (χ2n) is 5.14. The van der Waals surface area contributed by atoms with Crippen molar-refractivity contribution >= 4 is 40.7 Å². The maximum Gasteiger partial charge on any atom is 0.261 e. The van der Waals surface area contributed by atoms with Gasteiger partial charge in [-0.3, -0.25) is 4.79 Å². The van der Waals surface area contributed by atoms with Crippen LogP contribution in [-0.2, 0) is 11.3 Å². The van der Waals surface area contributed by atoms with E-state index in [-0.39, 0.29) is 5.91 Å². The van der Waals surface area contributed by atoms with Crippen molar-refractivity contribution in [1.29, 1.82) is 0 Å². The minimum Gasteiger partial charge on any atom is -0.481 e. The number of amides is 1. The number of ether oxygens (including phenoxy) is 1. The van der Waals surface area contributed by atoms with Gasteiger partial charge in [0, 0.05) is 11.6 Å². The van der Waals surface area contributed by atoms with Gasteiger partial charge in [-0.2, -0.15) is 0 Å². The van der Waals surface area contributed by atoms with Gasteiger partial charge in [0.2, 0.25) is 0 Å². The summed E-state index contributed by atoms with van der Waals surface area (Å²) in [6.07, 6.45) is -0.627. The van der Waals surface area contributed by atoms with Gasteiger partial charge in [-0.15, -0.1) is 0 Å². The molecule has 3 nitrogen and oxygen atoms in total. The Balaban J connectivity index is 1.93. The molecule has 2 aromatic rings. The van der Waals surface area contributed by atoms with Gasteiger partial charge in [0.1, 0.15) is 5.75 Å². The summed E-state index contributed by atoms with van der Waals surface area (Å²) in [6, 6.07) is 10.5. The van der Waals surface area contributed by atoms with E-state index in [1.165, 1.54) is 0 Å². The van der Waals surface area contributed by atoms with Crippen LogP contribution in [0.4, 0.5) is 0 Å². The lowest BCUT2D eigenvalue weighted by molar-refractivity contribution is -0.127. The van der Waals surface area contributed by atoms with Crippen molar-refractivity contribution in [2.45, 2.75) is 26.5 Å². The molecule has 0 bridgehead atoms. The molecule has 23 heavy (non-hydrogen) atoms. The number of nitrogens with one attached hydrogen (secondary N) is 1. The number of hydrogen-bond donors (Lipinski definition) is 1. The van der Waals surface area contributed by atoms with Crippen LogP contribution in [0.5, 0.6) is 5.75 Å². The highest BCUT2D eigenvalue weighted by Gasteiger charge is 2.15. The average molecular weight is 373 g/mol. The molecule has 0 saturated carbocycles. The van der Waals surface area contributed by atoms with Gasteiger partial charge in [0.25, 0.3) is 5.91 Å². The van der Waals surface area contributed by atoms with Gasteiger partial charge in [-0.05, 0) is 55.3 Å². The molecule has 0 aliphatic rings. The highest BCUT2D eigenvalue weighted by Crippen LogP contribution is 2.23. The quantitative estimate of drug-likeness (QED) is 0.798. The Morgan fingerprint density at radius 3 is 2.52 bits per heavy atom. The summed E-state index contributed by atoms with van der Waals surface area (Å²) in [4.78, 5) is 12.1. The standard InChI is InChI=1S/C17H16Cl3NO2/c1-10-7-13(18)4-6-16(10)23-11(2)17(22)21-9-12-3-5-14(19)15(20)8-12/h3-8,11H,9H2,1-2H3,(H,21,22)/t11-/m1/s1. The molecule has 0 saturated heterocycles. The Labute approximate surface area is 150 Å². The van der Waals surface area contributed by atoms with E-state index in [1.807, 2.05) is 13.0 Å². The molecule has 122 valence electrons. The van der Waals surface area contributed by atoms with E-state index in [9.17, 15) is 4.79 Å². The Morgan fingerprint density at radius 2 is 1.87 bits per heavy atom. The molecule has 2 rings (SSSR count). The first-order valence-corrected chi connectivity index (χ1v) is 8.14. The van der Waals surface area contributed by atoms with Gasteiger partial charge in [0.15, 0.2) is 6.10 Å². The molecule has 2 aromatic carbocycles. The van der Waals surface area contributed by atoms with Crippen LogP contribution in [0.2, 0.25) is 15.1 Å². The van der Waals surface area contributed by atoms with Crippen LogP contribution in [0, 0.1) is 6.92 Å². The lowest BCUT2D eigenvalue weighted by Gasteiger charge is -2.16. The number of rotatable bonds is 5. The van der Waals surface area contributed by atoms with E-state index in [0.717, 1.165) is 11.1 Å². The minimum atomic E-state index is -0.627. The lowest BCUT2D eigenvalue weighted by atomic mass is 10.2. The van der Waals surface area contributed by atoms with Crippen LogP contribution in [0.25, 0.3) is 0 Å². The van der Waals surface area contributed by atoms with E-state index in [4.69, 9.17) is 39.5 Å². The normalized spacial score (nSPS) is 11.9. The minimum absolute atomic E-state index is 0.217. The number of benzene rings is 2. The zero-order valence-electron chi connectivity index (χ0n) is 12.7. The summed E-state index contributed by atoms with van der Waals surface area (Å²) in [7, 11) is 0. The van der Waals surface area contributed by atoms with Crippen molar-refractivity contribution < 1.29 is 9.53 Å². The van der Waals surface area contributed by atoms with Gasteiger partial charge in [0.05, 0.1) is 10.0 Å². The second kappa shape index (κ2) is 7.91. The number of halogens is 3. The summed E-state index contributed by atoms with van der Waals surface area (Å²) in [5, 5.41) is 4.38. The van der Waals surface area contributed by atoms with Crippen LogP contribution >= 0.6 is 34.8 Å². The molecule has 0 aromatic heterocycles. The topological polar surface area (TPSA) is 38.3 Å². The third-order valence-corrected chi connectivity index (χ3v) is 4.23. The van der Waals surface area contributed by atoms with Crippen LogP contribution < -0.4 is 10.1 Å². The van der Waals surface area contributed by atoms with E-state index < -0.39 is 6.10 Å². The molecule has 0 aliphatic heterocycles. The molecule has 0 spiro atoms. The zero-order chi connectivity index (χ0) is 17.0. The van der Waals surface area contributed by atoms with Crippen molar-refractivity contribution in [1.82, 2.24) is 5.32 Å². The Bertz CT molecular complexity index is 719. The first-order chi connectivity index (χ1) is 10.9. The monoisotopic (exact) mass is 371 g/mol. The summed E-state index contributed by atoms with van der Waals surface area (Å²) >= 11 is 17.7. The number of aryl methyl sites for hydroxylation is 1. The Kier molecular flexibility index (Phi) is 6.17. The predicted octanol–water partition coefficient (Wildman–Crippen LogP) is 5.04. The first kappa shape index (κ1) is 17.9. The largest absolute Gasteiger partial charge is 0.481 e. The molecule has 0 fully saturated rings. The Hall–Kier alpha value is -1.42. The van der Waals surface area contributed by atoms with Crippen LogP contribution in [0.15, 0.2) is 36.4 Å². The molecule has 0 radical (unpaired) electrons. The third kappa shape index (κ3) is 5.03. The van der Waals surface area contributed by atoms with E-state index in [1.54, 1.807) is 37.3 Å². The molecule has 0 heterocycles. The average Bonchev–Trinajstić information content (AvgIpc) is 2.50. The molecule has 1 amide bonds.